The van der Waals surface area contributed by atoms with E-state index in [9.17, 15) is 9.90 Å². The highest BCUT2D eigenvalue weighted by atomic mass is 16.4. The second kappa shape index (κ2) is 4.83. The van der Waals surface area contributed by atoms with Crippen LogP contribution in [0.3, 0.4) is 0 Å². The van der Waals surface area contributed by atoms with Crippen LogP contribution >= 0.6 is 0 Å². The first kappa shape index (κ1) is 12.4. The van der Waals surface area contributed by atoms with E-state index in [1.165, 1.54) is 4.57 Å². The fraction of sp³-hybridized carbons (Fsp3) is 0.500. The largest absolute Gasteiger partial charge is 0.419 e. The first-order chi connectivity index (χ1) is 9.16. The number of nitrogens with one attached hydrogen (secondary N) is 1. The van der Waals surface area contributed by atoms with E-state index < -0.39 is 6.10 Å². The summed E-state index contributed by atoms with van der Waals surface area (Å²) in [4.78, 5) is 11.4. The number of aromatic nitrogens is 1. The van der Waals surface area contributed by atoms with Gasteiger partial charge in [-0.25, -0.2) is 4.79 Å². The molecule has 0 aliphatic carbocycles. The Morgan fingerprint density at radius 1 is 1.53 bits per heavy atom. The zero-order valence-electron chi connectivity index (χ0n) is 10.9. The molecular formula is C14H18N2O3. The maximum Gasteiger partial charge on any atom is 0.419 e. The van der Waals surface area contributed by atoms with Gasteiger partial charge in [0.25, 0.3) is 0 Å². The van der Waals surface area contributed by atoms with Gasteiger partial charge in [-0.1, -0.05) is 6.07 Å². The van der Waals surface area contributed by atoms with Gasteiger partial charge in [0.2, 0.25) is 0 Å². The third-order valence-corrected chi connectivity index (χ3v) is 3.94. The number of benzene rings is 1. The summed E-state index contributed by atoms with van der Waals surface area (Å²) < 4.78 is 6.62. The van der Waals surface area contributed by atoms with Gasteiger partial charge in [-0.05, 0) is 37.1 Å². The molecule has 1 aliphatic rings. The molecular weight excluding hydrogens is 244 g/mol. The number of oxazole rings is 1. The van der Waals surface area contributed by atoms with E-state index in [1.807, 2.05) is 12.1 Å². The average molecular weight is 262 g/mol. The second-order valence-corrected chi connectivity index (χ2v) is 5.21. The molecule has 5 heteroatoms. The quantitative estimate of drug-likeness (QED) is 0.852. The topological polar surface area (TPSA) is 67.4 Å². The number of rotatable bonds is 2. The van der Waals surface area contributed by atoms with E-state index in [0.29, 0.717) is 5.58 Å². The molecule has 0 spiro atoms. The normalized spacial score (nSPS) is 21.7. The molecule has 1 aliphatic heterocycles. The molecule has 1 aromatic carbocycles. The maximum absolute atomic E-state index is 11.4. The van der Waals surface area contributed by atoms with Crippen molar-refractivity contribution in [3.8, 4) is 0 Å². The maximum atomic E-state index is 11.4. The van der Waals surface area contributed by atoms with Crippen molar-refractivity contribution >= 4 is 11.1 Å². The van der Waals surface area contributed by atoms with E-state index in [0.717, 1.165) is 37.0 Å². The standard InChI is InChI=1S/C14H18N2O3/c1-16-11-5-4-9(7-12(11)19-14(16)18)13(17)10-3-2-6-15-8-10/h4-5,7,10,13,15,17H,2-3,6,8H2,1H3. The first-order valence-electron chi connectivity index (χ1n) is 6.65. The van der Waals surface area contributed by atoms with Crippen molar-refractivity contribution in [2.24, 2.45) is 13.0 Å². The lowest BCUT2D eigenvalue weighted by Gasteiger charge is -2.27. The lowest BCUT2D eigenvalue weighted by molar-refractivity contribution is 0.0922. The molecule has 1 aromatic heterocycles. The van der Waals surface area contributed by atoms with Gasteiger partial charge in [0, 0.05) is 19.5 Å². The van der Waals surface area contributed by atoms with Crippen molar-refractivity contribution in [2.45, 2.75) is 18.9 Å². The van der Waals surface area contributed by atoms with Crippen LogP contribution < -0.4 is 11.1 Å². The van der Waals surface area contributed by atoms with Crippen LogP contribution in [0, 0.1) is 5.92 Å². The highest BCUT2D eigenvalue weighted by molar-refractivity contribution is 5.73. The van der Waals surface area contributed by atoms with E-state index in [-0.39, 0.29) is 11.7 Å². The molecule has 0 bridgehead atoms. The lowest BCUT2D eigenvalue weighted by atomic mass is 9.89. The second-order valence-electron chi connectivity index (χ2n) is 5.21. The lowest BCUT2D eigenvalue weighted by Crippen LogP contribution is -2.33. The molecule has 1 saturated heterocycles. The van der Waals surface area contributed by atoms with E-state index in [2.05, 4.69) is 5.32 Å². The number of fused-ring (bicyclic) bond motifs is 1. The van der Waals surface area contributed by atoms with Crippen LogP contribution in [0.15, 0.2) is 27.4 Å². The SMILES string of the molecule is Cn1c(=O)oc2cc(C(O)C3CCCNC3)ccc21. The van der Waals surface area contributed by atoms with E-state index in [1.54, 1.807) is 13.1 Å². The Morgan fingerprint density at radius 3 is 3.11 bits per heavy atom. The monoisotopic (exact) mass is 262 g/mol. The highest BCUT2D eigenvalue weighted by Gasteiger charge is 2.23. The molecule has 2 aromatic rings. The molecule has 1 fully saturated rings. The molecule has 102 valence electrons. The molecule has 3 rings (SSSR count). The molecule has 2 N–H and O–H groups in total. The minimum Gasteiger partial charge on any atom is -0.408 e. The van der Waals surface area contributed by atoms with Crippen molar-refractivity contribution in [2.75, 3.05) is 13.1 Å². The summed E-state index contributed by atoms with van der Waals surface area (Å²) in [5.74, 6) is -0.150. The fourth-order valence-corrected chi connectivity index (χ4v) is 2.75. The fourth-order valence-electron chi connectivity index (χ4n) is 2.75. The predicted molar refractivity (Wildman–Crippen MR) is 72.0 cm³/mol. The summed E-state index contributed by atoms with van der Waals surface area (Å²) in [6.45, 7) is 1.85. The Bertz CT molecular complexity index is 638. The summed E-state index contributed by atoms with van der Waals surface area (Å²) in [6.07, 6.45) is 1.60. The number of hydrogen-bond acceptors (Lipinski definition) is 4. The summed E-state index contributed by atoms with van der Waals surface area (Å²) in [6, 6.07) is 5.47. The van der Waals surface area contributed by atoms with Crippen LogP contribution in [0.5, 0.6) is 0 Å². The van der Waals surface area contributed by atoms with Gasteiger partial charge in [-0.2, -0.15) is 0 Å². The van der Waals surface area contributed by atoms with Crippen LogP contribution in [-0.2, 0) is 7.05 Å². The van der Waals surface area contributed by atoms with Gasteiger partial charge in [-0.15, -0.1) is 0 Å². The van der Waals surface area contributed by atoms with Gasteiger partial charge in [0.05, 0.1) is 11.6 Å². The zero-order chi connectivity index (χ0) is 13.4. The number of aliphatic hydroxyl groups is 1. The molecule has 0 radical (unpaired) electrons. The van der Waals surface area contributed by atoms with Crippen LogP contribution in [-0.4, -0.2) is 22.8 Å². The first-order valence-corrected chi connectivity index (χ1v) is 6.65. The van der Waals surface area contributed by atoms with Crippen molar-refractivity contribution in [3.05, 3.63) is 34.3 Å². The smallest absolute Gasteiger partial charge is 0.408 e. The average Bonchev–Trinajstić information content (AvgIpc) is 2.74. The number of aryl methyl sites for hydroxylation is 1. The Morgan fingerprint density at radius 2 is 2.37 bits per heavy atom. The Kier molecular flexibility index (Phi) is 3.16. The molecule has 0 amide bonds. The van der Waals surface area contributed by atoms with Crippen LogP contribution in [0.25, 0.3) is 11.1 Å². The third kappa shape index (κ3) is 2.19. The number of aliphatic hydroxyl groups excluding tert-OH is 1. The predicted octanol–water partition coefficient (Wildman–Crippen LogP) is 1.16. The minimum atomic E-state index is -0.511. The van der Waals surface area contributed by atoms with Gasteiger partial charge in [0.1, 0.15) is 0 Å². The molecule has 5 nitrogen and oxygen atoms in total. The number of piperidine rings is 1. The number of hydrogen-bond donors (Lipinski definition) is 2. The van der Waals surface area contributed by atoms with Gasteiger partial charge >= 0.3 is 5.76 Å². The van der Waals surface area contributed by atoms with Crippen LogP contribution in [0.4, 0.5) is 0 Å². The Labute approximate surface area is 110 Å². The summed E-state index contributed by atoms with van der Waals surface area (Å²) >= 11 is 0. The molecule has 19 heavy (non-hydrogen) atoms. The summed E-state index contributed by atoms with van der Waals surface area (Å²) in [5.41, 5.74) is 2.10. The van der Waals surface area contributed by atoms with Crippen molar-refractivity contribution < 1.29 is 9.52 Å². The molecule has 0 saturated carbocycles. The van der Waals surface area contributed by atoms with Crippen molar-refractivity contribution in [1.82, 2.24) is 9.88 Å². The van der Waals surface area contributed by atoms with Crippen molar-refractivity contribution in [1.29, 1.82) is 0 Å². The molecule has 2 heterocycles. The third-order valence-electron chi connectivity index (χ3n) is 3.94. The van der Waals surface area contributed by atoms with Gasteiger partial charge in [-0.3, -0.25) is 4.57 Å². The van der Waals surface area contributed by atoms with Crippen molar-refractivity contribution in [3.63, 3.8) is 0 Å². The van der Waals surface area contributed by atoms with E-state index in [4.69, 9.17) is 4.42 Å². The van der Waals surface area contributed by atoms with Gasteiger partial charge in [0.15, 0.2) is 5.58 Å². The Balaban J connectivity index is 1.94. The highest BCUT2D eigenvalue weighted by Crippen LogP contribution is 2.28. The molecule has 2 unspecified atom stereocenters. The Hall–Kier alpha value is -1.59. The minimum absolute atomic E-state index is 0.224. The number of nitrogens with zero attached hydrogens (tertiary/aromatic N) is 1. The summed E-state index contributed by atoms with van der Waals surface area (Å²) in [7, 11) is 1.68. The van der Waals surface area contributed by atoms with Crippen LogP contribution in [0.2, 0.25) is 0 Å². The van der Waals surface area contributed by atoms with Gasteiger partial charge < -0.3 is 14.8 Å². The molecule has 2 atom stereocenters. The van der Waals surface area contributed by atoms with E-state index >= 15 is 0 Å². The van der Waals surface area contributed by atoms with Crippen LogP contribution in [0.1, 0.15) is 24.5 Å². The summed E-state index contributed by atoms with van der Waals surface area (Å²) in [5, 5.41) is 13.7. The zero-order valence-corrected chi connectivity index (χ0v) is 10.9.